The standard InChI is InChI=1S/C23H27FN6S2/c1-3-12-31-32-13-15(2)28-16-8-10-17(11-9-16)30-23-20(22(25)26-14-27-23)21(29-30)18-6-4-5-7-19(18)24/h3-7,14,16-17,28H,1-2,8-13H2,(H2,25,26,27). The largest absolute Gasteiger partial charge is 0.385 e. The number of hydrogen-bond acceptors (Lipinski definition) is 7. The van der Waals surface area contributed by atoms with E-state index in [0.29, 0.717) is 34.2 Å². The van der Waals surface area contributed by atoms with Gasteiger partial charge in [-0.2, -0.15) is 5.10 Å². The van der Waals surface area contributed by atoms with Gasteiger partial charge in [-0.1, -0.05) is 46.4 Å². The maximum absolute atomic E-state index is 14.5. The smallest absolute Gasteiger partial charge is 0.164 e. The molecule has 0 radical (unpaired) electrons. The number of rotatable bonds is 9. The van der Waals surface area contributed by atoms with Crippen molar-refractivity contribution in [1.29, 1.82) is 0 Å². The minimum atomic E-state index is -0.335. The van der Waals surface area contributed by atoms with E-state index in [4.69, 9.17) is 10.8 Å². The lowest BCUT2D eigenvalue weighted by molar-refractivity contribution is 0.291. The number of nitrogen functional groups attached to an aromatic ring is 1. The van der Waals surface area contributed by atoms with Crippen LogP contribution in [0.15, 0.2) is 55.5 Å². The molecule has 2 heterocycles. The minimum absolute atomic E-state index is 0.177. The Labute approximate surface area is 195 Å². The van der Waals surface area contributed by atoms with Gasteiger partial charge in [0.2, 0.25) is 0 Å². The predicted octanol–water partition coefficient (Wildman–Crippen LogP) is 5.37. The molecule has 9 heteroatoms. The van der Waals surface area contributed by atoms with Gasteiger partial charge >= 0.3 is 0 Å². The van der Waals surface area contributed by atoms with Crippen molar-refractivity contribution in [3.8, 4) is 11.3 Å². The summed E-state index contributed by atoms with van der Waals surface area (Å²) in [6.07, 6.45) is 7.25. The fourth-order valence-corrected chi connectivity index (χ4v) is 5.85. The van der Waals surface area contributed by atoms with Crippen molar-refractivity contribution in [2.45, 2.75) is 37.8 Å². The Morgan fingerprint density at radius 3 is 2.75 bits per heavy atom. The van der Waals surface area contributed by atoms with Gasteiger partial charge in [0.15, 0.2) is 5.65 Å². The summed E-state index contributed by atoms with van der Waals surface area (Å²) in [6.45, 7) is 7.90. The van der Waals surface area contributed by atoms with Crippen LogP contribution in [0.25, 0.3) is 22.3 Å². The lowest BCUT2D eigenvalue weighted by Gasteiger charge is -2.30. The van der Waals surface area contributed by atoms with Crippen LogP contribution in [0.5, 0.6) is 0 Å². The van der Waals surface area contributed by atoms with Crippen molar-refractivity contribution in [1.82, 2.24) is 25.1 Å². The number of hydrogen-bond donors (Lipinski definition) is 2. The first kappa shape index (κ1) is 22.7. The molecular formula is C23H27FN6S2. The second-order valence-electron chi connectivity index (χ2n) is 7.82. The third-order valence-corrected chi connectivity index (χ3v) is 7.87. The second kappa shape index (κ2) is 10.4. The van der Waals surface area contributed by atoms with Crippen LogP contribution in [0.4, 0.5) is 10.2 Å². The third kappa shape index (κ3) is 4.94. The third-order valence-electron chi connectivity index (χ3n) is 5.60. The lowest BCUT2D eigenvalue weighted by Crippen LogP contribution is -2.33. The minimum Gasteiger partial charge on any atom is -0.385 e. The van der Waals surface area contributed by atoms with E-state index >= 15 is 0 Å². The summed E-state index contributed by atoms with van der Waals surface area (Å²) >= 11 is 0. The number of nitrogens with zero attached hydrogens (tertiary/aromatic N) is 4. The molecule has 6 nitrogen and oxygen atoms in total. The van der Waals surface area contributed by atoms with E-state index in [1.54, 1.807) is 39.8 Å². The fraction of sp³-hybridized carbons (Fsp3) is 0.348. The van der Waals surface area contributed by atoms with Crippen molar-refractivity contribution in [2.75, 3.05) is 17.2 Å². The van der Waals surface area contributed by atoms with Crippen molar-refractivity contribution in [2.24, 2.45) is 0 Å². The van der Waals surface area contributed by atoms with Gasteiger partial charge < -0.3 is 11.1 Å². The number of nitrogens with two attached hydrogens (primary N) is 1. The van der Waals surface area contributed by atoms with E-state index in [-0.39, 0.29) is 11.9 Å². The van der Waals surface area contributed by atoms with Gasteiger partial charge in [-0.15, -0.1) is 6.58 Å². The summed E-state index contributed by atoms with van der Waals surface area (Å²) < 4.78 is 16.5. The highest BCUT2D eigenvalue weighted by atomic mass is 33.1. The number of fused-ring (bicyclic) bond motifs is 1. The van der Waals surface area contributed by atoms with Gasteiger partial charge in [0, 0.05) is 28.8 Å². The van der Waals surface area contributed by atoms with Gasteiger partial charge in [0.05, 0.1) is 11.4 Å². The molecule has 3 aromatic rings. The highest BCUT2D eigenvalue weighted by Crippen LogP contribution is 2.36. The van der Waals surface area contributed by atoms with E-state index in [9.17, 15) is 4.39 Å². The molecule has 1 aromatic carbocycles. The molecule has 0 spiro atoms. The molecule has 0 aliphatic heterocycles. The van der Waals surface area contributed by atoms with E-state index in [0.717, 1.165) is 42.9 Å². The number of benzene rings is 1. The van der Waals surface area contributed by atoms with Crippen LogP contribution in [0.3, 0.4) is 0 Å². The van der Waals surface area contributed by atoms with Crippen molar-refractivity contribution in [3.63, 3.8) is 0 Å². The highest BCUT2D eigenvalue weighted by Gasteiger charge is 2.27. The van der Waals surface area contributed by atoms with Gasteiger partial charge in [0.1, 0.15) is 23.7 Å². The maximum atomic E-state index is 14.5. The molecular weight excluding hydrogens is 443 g/mol. The summed E-state index contributed by atoms with van der Waals surface area (Å²) in [5.41, 5.74) is 8.80. The molecule has 1 aliphatic carbocycles. The summed E-state index contributed by atoms with van der Waals surface area (Å²) in [5.74, 6) is 1.80. The SMILES string of the molecule is C=CCSSCC(=C)NC1CCC(n2nc(-c3ccccc3F)c3c(N)ncnc32)CC1. The lowest BCUT2D eigenvalue weighted by atomic mass is 9.91. The van der Waals surface area contributed by atoms with Crippen molar-refractivity contribution < 1.29 is 4.39 Å². The summed E-state index contributed by atoms with van der Waals surface area (Å²) in [5, 5.41) is 8.98. The Kier molecular flexibility index (Phi) is 7.36. The molecule has 168 valence electrons. The van der Waals surface area contributed by atoms with Crippen molar-refractivity contribution >= 4 is 38.4 Å². The normalized spacial score (nSPS) is 18.5. The van der Waals surface area contributed by atoms with Crippen LogP contribution < -0.4 is 11.1 Å². The van der Waals surface area contributed by atoms with Gasteiger partial charge in [0.25, 0.3) is 0 Å². The van der Waals surface area contributed by atoms with E-state index < -0.39 is 0 Å². The maximum Gasteiger partial charge on any atom is 0.164 e. The molecule has 0 saturated heterocycles. The average Bonchev–Trinajstić information content (AvgIpc) is 3.18. The Bertz CT molecular complexity index is 1110. The van der Waals surface area contributed by atoms with E-state index in [2.05, 4.69) is 28.4 Å². The molecule has 0 unspecified atom stereocenters. The Morgan fingerprint density at radius 2 is 2.00 bits per heavy atom. The average molecular weight is 471 g/mol. The molecule has 4 rings (SSSR count). The zero-order valence-electron chi connectivity index (χ0n) is 17.8. The molecule has 0 bridgehead atoms. The Morgan fingerprint density at radius 1 is 1.22 bits per heavy atom. The first-order valence-electron chi connectivity index (χ1n) is 10.6. The summed E-state index contributed by atoms with van der Waals surface area (Å²) in [4.78, 5) is 8.58. The van der Waals surface area contributed by atoms with Crippen LogP contribution in [0.1, 0.15) is 31.7 Å². The van der Waals surface area contributed by atoms with Gasteiger partial charge in [-0.05, 0) is 37.8 Å². The van der Waals surface area contributed by atoms with Crippen LogP contribution in [-0.4, -0.2) is 37.3 Å². The van der Waals surface area contributed by atoms with Crippen LogP contribution in [0.2, 0.25) is 0 Å². The summed E-state index contributed by atoms with van der Waals surface area (Å²) in [7, 11) is 3.57. The molecule has 32 heavy (non-hydrogen) atoms. The molecule has 1 aliphatic rings. The molecule has 1 saturated carbocycles. The molecule has 1 fully saturated rings. The Hall–Kier alpha value is -2.52. The number of aromatic nitrogens is 4. The topological polar surface area (TPSA) is 81.7 Å². The number of anilines is 1. The van der Waals surface area contributed by atoms with Crippen LogP contribution in [-0.2, 0) is 0 Å². The first-order valence-corrected chi connectivity index (χ1v) is 13.1. The highest BCUT2D eigenvalue weighted by molar-refractivity contribution is 8.76. The zero-order valence-corrected chi connectivity index (χ0v) is 19.5. The van der Waals surface area contributed by atoms with Gasteiger partial charge in [-0.25, -0.2) is 19.0 Å². The van der Waals surface area contributed by atoms with Crippen LogP contribution >= 0.6 is 21.6 Å². The van der Waals surface area contributed by atoms with E-state index in [1.165, 1.54) is 12.4 Å². The second-order valence-corrected chi connectivity index (χ2v) is 10.3. The van der Waals surface area contributed by atoms with E-state index in [1.807, 2.05) is 10.8 Å². The zero-order chi connectivity index (χ0) is 22.5. The fourth-order valence-electron chi connectivity index (χ4n) is 4.10. The van der Waals surface area contributed by atoms with Crippen molar-refractivity contribution in [3.05, 3.63) is 61.3 Å². The monoisotopic (exact) mass is 470 g/mol. The Balaban J connectivity index is 1.49. The number of nitrogens with one attached hydrogen (secondary N) is 1. The molecule has 0 amide bonds. The molecule has 3 N–H and O–H groups in total. The molecule has 0 atom stereocenters. The first-order chi connectivity index (χ1) is 15.6. The van der Waals surface area contributed by atoms with Crippen LogP contribution in [0, 0.1) is 5.82 Å². The summed E-state index contributed by atoms with van der Waals surface area (Å²) in [6, 6.07) is 7.18. The quantitative estimate of drug-likeness (QED) is 0.247. The number of halogens is 1. The van der Waals surface area contributed by atoms with Gasteiger partial charge in [-0.3, -0.25) is 0 Å². The predicted molar refractivity (Wildman–Crippen MR) is 134 cm³/mol. The molecule has 2 aromatic heterocycles.